The Kier molecular flexibility index (Phi) is 4.71. The number of furan rings is 1. The third kappa shape index (κ3) is 3.63. The van der Waals surface area contributed by atoms with E-state index in [2.05, 4.69) is 32.6 Å². The second kappa shape index (κ2) is 6.29. The summed E-state index contributed by atoms with van der Waals surface area (Å²) in [5.41, 5.74) is 1.37. The Morgan fingerprint density at radius 2 is 2.26 bits per heavy atom. The standard InChI is InChI=1S/C13H11ClINO3/c1-18-13(17)8-4-10(19-7-8)6-16-12-3-2-9(14)5-11(12)15/h2-5,7,16H,6H2,1H3. The molecule has 1 aromatic carbocycles. The minimum absolute atomic E-state index is 0.406. The predicted molar refractivity (Wildman–Crippen MR) is 81.5 cm³/mol. The normalized spacial score (nSPS) is 10.3. The van der Waals surface area contributed by atoms with Crippen molar-refractivity contribution in [3.8, 4) is 0 Å². The van der Waals surface area contributed by atoms with Crippen molar-refractivity contribution in [3.63, 3.8) is 0 Å². The van der Waals surface area contributed by atoms with Crippen molar-refractivity contribution < 1.29 is 13.9 Å². The Bertz CT molecular complexity index is 597. The fraction of sp³-hybridized carbons (Fsp3) is 0.154. The molecule has 1 heterocycles. The van der Waals surface area contributed by atoms with E-state index in [4.69, 9.17) is 16.0 Å². The summed E-state index contributed by atoms with van der Waals surface area (Å²) in [5, 5.41) is 3.91. The van der Waals surface area contributed by atoms with Crippen molar-refractivity contribution in [2.45, 2.75) is 6.54 Å². The zero-order chi connectivity index (χ0) is 13.8. The highest BCUT2D eigenvalue weighted by atomic mass is 127. The fourth-order valence-corrected chi connectivity index (χ4v) is 2.58. The molecule has 0 aliphatic rings. The molecular weight excluding hydrogens is 381 g/mol. The van der Waals surface area contributed by atoms with Crippen molar-refractivity contribution >= 4 is 45.8 Å². The van der Waals surface area contributed by atoms with Crippen LogP contribution in [0.2, 0.25) is 5.02 Å². The van der Waals surface area contributed by atoms with Gasteiger partial charge in [0.05, 0.1) is 19.2 Å². The minimum Gasteiger partial charge on any atom is -0.467 e. The van der Waals surface area contributed by atoms with E-state index in [0.717, 1.165) is 9.26 Å². The molecule has 1 N–H and O–H groups in total. The number of methoxy groups -OCH3 is 1. The average molecular weight is 392 g/mol. The molecule has 0 aliphatic carbocycles. The van der Waals surface area contributed by atoms with Gasteiger partial charge in [0.15, 0.2) is 0 Å². The number of hydrogen-bond acceptors (Lipinski definition) is 4. The van der Waals surface area contributed by atoms with E-state index in [-0.39, 0.29) is 0 Å². The van der Waals surface area contributed by atoms with Gasteiger partial charge >= 0.3 is 5.97 Å². The molecule has 0 spiro atoms. The number of nitrogens with one attached hydrogen (secondary N) is 1. The van der Waals surface area contributed by atoms with Gasteiger partial charge in [-0.3, -0.25) is 0 Å². The maximum atomic E-state index is 11.3. The molecule has 0 atom stereocenters. The van der Waals surface area contributed by atoms with E-state index >= 15 is 0 Å². The smallest absolute Gasteiger partial charge is 0.341 e. The highest BCUT2D eigenvalue weighted by Crippen LogP contribution is 2.23. The van der Waals surface area contributed by atoms with E-state index in [1.807, 2.05) is 18.2 Å². The number of hydrogen-bond donors (Lipinski definition) is 1. The van der Waals surface area contributed by atoms with Crippen molar-refractivity contribution in [1.29, 1.82) is 0 Å². The fourth-order valence-electron chi connectivity index (χ4n) is 1.51. The topological polar surface area (TPSA) is 51.5 Å². The summed E-state index contributed by atoms with van der Waals surface area (Å²) in [6.45, 7) is 0.481. The van der Waals surface area contributed by atoms with Gasteiger partial charge in [-0.1, -0.05) is 11.6 Å². The lowest BCUT2D eigenvalue weighted by Crippen LogP contribution is -2.01. The van der Waals surface area contributed by atoms with Crippen LogP contribution in [-0.2, 0) is 11.3 Å². The summed E-state index contributed by atoms with van der Waals surface area (Å²) in [6.07, 6.45) is 1.38. The van der Waals surface area contributed by atoms with Crippen molar-refractivity contribution in [3.05, 3.63) is 50.4 Å². The van der Waals surface area contributed by atoms with E-state index in [1.165, 1.54) is 13.4 Å². The molecule has 4 nitrogen and oxygen atoms in total. The number of carbonyl (C=O) groups excluding carboxylic acids is 1. The summed E-state index contributed by atoms with van der Waals surface area (Å²) in [7, 11) is 1.34. The van der Waals surface area contributed by atoms with Crippen molar-refractivity contribution in [1.82, 2.24) is 0 Å². The minimum atomic E-state index is -0.406. The van der Waals surface area contributed by atoms with E-state index in [1.54, 1.807) is 6.07 Å². The first-order valence-electron chi connectivity index (χ1n) is 5.45. The van der Waals surface area contributed by atoms with Crippen LogP contribution < -0.4 is 5.32 Å². The predicted octanol–water partition coefficient (Wildman–Crippen LogP) is 3.94. The Hall–Kier alpha value is -1.21. The summed E-state index contributed by atoms with van der Waals surface area (Å²) in [6, 6.07) is 7.23. The summed E-state index contributed by atoms with van der Waals surface area (Å²) >= 11 is 8.08. The van der Waals surface area contributed by atoms with Crippen LogP contribution in [0.25, 0.3) is 0 Å². The first-order chi connectivity index (χ1) is 9.10. The van der Waals surface area contributed by atoms with Gasteiger partial charge in [-0.15, -0.1) is 0 Å². The zero-order valence-corrected chi connectivity index (χ0v) is 13.0. The Morgan fingerprint density at radius 3 is 2.95 bits per heavy atom. The highest BCUT2D eigenvalue weighted by molar-refractivity contribution is 14.1. The lowest BCUT2D eigenvalue weighted by atomic mass is 10.3. The third-order valence-electron chi connectivity index (χ3n) is 2.46. The van der Waals surface area contributed by atoms with Crippen LogP contribution in [-0.4, -0.2) is 13.1 Å². The molecule has 19 heavy (non-hydrogen) atoms. The van der Waals surface area contributed by atoms with Crippen LogP contribution in [0.4, 0.5) is 5.69 Å². The summed E-state index contributed by atoms with van der Waals surface area (Å²) in [4.78, 5) is 11.3. The Balaban J connectivity index is 2.02. The first-order valence-corrected chi connectivity index (χ1v) is 6.90. The van der Waals surface area contributed by atoms with Gasteiger partial charge in [0.25, 0.3) is 0 Å². The SMILES string of the molecule is COC(=O)c1coc(CNc2ccc(Cl)cc2I)c1. The zero-order valence-electron chi connectivity index (χ0n) is 10.1. The molecule has 2 rings (SSSR count). The molecule has 0 saturated heterocycles. The van der Waals surface area contributed by atoms with Crippen molar-refractivity contribution in [2.24, 2.45) is 0 Å². The molecule has 0 bridgehead atoms. The molecule has 0 unspecified atom stereocenters. The molecule has 100 valence electrons. The Morgan fingerprint density at radius 1 is 1.47 bits per heavy atom. The maximum absolute atomic E-state index is 11.3. The van der Waals surface area contributed by atoms with E-state index < -0.39 is 5.97 Å². The van der Waals surface area contributed by atoms with Gasteiger partial charge in [-0.05, 0) is 46.9 Å². The van der Waals surface area contributed by atoms with Crippen LogP contribution >= 0.6 is 34.2 Å². The molecule has 0 radical (unpaired) electrons. The molecule has 1 aromatic heterocycles. The quantitative estimate of drug-likeness (QED) is 0.634. The Labute approximate surface area is 129 Å². The highest BCUT2D eigenvalue weighted by Gasteiger charge is 2.10. The third-order valence-corrected chi connectivity index (χ3v) is 3.59. The van der Waals surface area contributed by atoms with Crippen LogP contribution in [0, 0.1) is 3.57 Å². The van der Waals surface area contributed by atoms with Gasteiger partial charge in [0.2, 0.25) is 0 Å². The molecule has 0 aliphatic heterocycles. The second-order valence-electron chi connectivity index (χ2n) is 3.77. The number of carbonyl (C=O) groups is 1. The lowest BCUT2D eigenvalue weighted by molar-refractivity contribution is 0.0600. The summed E-state index contributed by atoms with van der Waals surface area (Å²) in [5.74, 6) is 0.252. The number of esters is 1. The molecule has 0 saturated carbocycles. The first kappa shape index (κ1) is 14.2. The largest absolute Gasteiger partial charge is 0.467 e. The average Bonchev–Trinajstić information content (AvgIpc) is 2.85. The van der Waals surface area contributed by atoms with Crippen LogP contribution in [0.3, 0.4) is 0 Å². The van der Waals surface area contributed by atoms with Gasteiger partial charge in [0, 0.05) is 14.3 Å². The van der Waals surface area contributed by atoms with Crippen LogP contribution in [0.15, 0.2) is 34.9 Å². The number of rotatable bonds is 4. The molecule has 6 heteroatoms. The molecule has 0 amide bonds. The number of anilines is 1. The van der Waals surface area contributed by atoms with E-state index in [9.17, 15) is 4.79 Å². The maximum Gasteiger partial charge on any atom is 0.341 e. The monoisotopic (exact) mass is 391 g/mol. The molecule has 2 aromatic rings. The van der Waals surface area contributed by atoms with Crippen molar-refractivity contribution in [2.75, 3.05) is 12.4 Å². The lowest BCUT2D eigenvalue weighted by Gasteiger charge is -2.06. The van der Waals surface area contributed by atoms with Gasteiger partial charge in [-0.2, -0.15) is 0 Å². The van der Waals surface area contributed by atoms with Gasteiger partial charge in [-0.25, -0.2) is 4.79 Å². The molecule has 0 fully saturated rings. The van der Waals surface area contributed by atoms with Gasteiger partial charge in [0.1, 0.15) is 12.0 Å². The number of ether oxygens (including phenoxy) is 1. The number of benzene rings is 1. The van der Waals surface area contributed by atoms with Gasteiger partial charge < -0.3 is 14.5 Å². The molecular formula is C13H11ClINO3. The number of halogens is 2. The summed E-state index contributed by atoms with van der Waals surface area (Å²) < 4.78 is 10.9. The van der Waals surface area contributed by atoms with Crippen LogP contribution in [0.1, 0.15) is 16.1 Å². The van der Waals surface area contributed by atoms with E-state index in [0.29, 0.717) is 22.9 Å². The second-order valence-corrected chi connectivity index (χ2v) is 5.37. The van der Waals surface area contributed by atoms with Crippen LogP contribution in [0.5, 0.6) is 0 Å².